The average molecular weight is 390 g/mol. The zero-order valence-electron chi connectivity index (χ0n) is 14.2. The molecule has 0 aliphatic carbocycles. The van der Waals surface area contributed by atoms with Crippen LogP contribution in [-0.4, -0.2) is 66.0 Å². The Balaban J connectivity index is 2.22. The molecule has 10 heteroatoms. The van der Waals surface area contributed by atoms with Crippen LogP contribution in [0.4, 0.5) is 8.78 Å². The van der Waals surface area contributed by atoms with Gasteiger partial charge in [0, 0.05) is 19.1 Å². The van der Waals surface area contributed by atoms with Gasteiger partial charge in [0.15, 0.2) is 11.6 Å². The molecule has 0 atom stereocenters. The Kier molecular flexibility index (Phi) is 6.30. The molecule has 0 radical (unpaired) electrons. The van der Waals surface area contributed by atoms with Crippen LogP contribution >= 0.6 is 0 Å². The number of hydrogen-bond acceptors (Lipinski definition) is 4. The second-order valence-corrected chi connectivity index (χ2v) is 8.22. The molecule has 0 bridgehead atoms. The molecule has 7 nitrogen and oxygen atoms in total. The molecule has 0 unspecified atom stereocenters. The third-order valence-corrected chi connectivity index (χ3v) is 6.25. The van der Waals surface area contributed by atoms with Crippen LogP contribution in [0.1, 0.15) is 30.1 Å². The Morgan fingerprint density at radius 2 is 1.88 bits per heavy atom. The predicted octanol–water partition coefficient (Wildman–Crippen LogP) is 1.31. The van der Waals surface area contributed by atoms with E-state index in [9.17, 15) is 26.8 Å². The van der Waals surface area contributed by atoms with Gasteiger partial charge in [-0.15, -0.1) is 0 Å². The van der Waals surface area contributed by atoms with Crippen molar-refractivity contribution >= 4 is 21.9 Å². The molecule has 1 N–H and O–H groups in total. The first kappa shape index (κ1) is 20.2. The third kappa shape index (κ3) is 4.36. The van der Waals surface area contributed by atoms with Gasteiger partial charge in [-0.25, -0.2) is 21.5 Å². The number of carboxylic acid groups (broad SMARTS) is 1. The Bertz CT molecular complexity index is 792. The van der Waals surface area contributed by atoms with E-state index in [2.05, 4.69) is 0 Å². The van der Waals surface area contributed by atoms with Crippen LogP contribution in [0.5, 0.6) is 0 Å². The first-order valence-corrected chi connectivity index (χ1v) is 9.73. The van der Waals surface area contributed by atoms with E-state index in [-0.39, 0.29) is 31.7 Å². The number of rotatable bonds is 6. The van der Waals surface area contributed by atoms with Gasteiger partial charge >= 0.3 is 5.97 Å². The second kappa shape index (κ2) is 8.09. The highest BCUT2D eigenvalue weighted by atomic mass is 32.2. The third-order valence-electron chi connectivity index (χ3n) is 4.37. The first-order valence-electron chi connectivity index (χ1n) is 8.12. The van der Waals surface area contributed by atoms with Gasteiger partial charge in [0.2, 0.25) is 10.0 Å². The number of nitrogens with zero attached hydrogens (tertiary/aromatic N) is 2. The maximum atomic E-state index is 13.9. The molecule has 1 aromatic carbocycles. The van der Waals surface area contributed by atoms with Gasteiger partial charge in [0.05, 0.1) is 11.3 Å². The van der Waals surface area contributed by atoms with Gasteiger partial charge in [-0.1, -0.05) is 6.07 Å². The van der Waals surface area contributed by atoms with E-state index in [0.717, 1.165) is 17.0 Å². The summed E-state index contributed by atoms with van der Waals surface area (Å²) >= 11 is 0. The highest BCUT2D eigenvalue weighted by Crippen LogP contribution is 2.22. The quantitative estimate of drug-likeness (QED) is 0.790. The van der Waals surface area contributed by atoms with Crippen LogP contribution in [0.2, 0.25) is 0 Å². The number of amides is 1. The lowest BCUT2D eigenvalue weighted by atomic mass is 10.0. The Hall–Kier alpha value is -2.07. The summed E-state index contributed by atoms with van der Waals surface area (Å²) in [6.07, 6.45) is 0.435. The molecule has 1 heterocycles. The summed E-state index contributed by atoms with van der Waals surface area (Å²) in [5.74, 6) is -4.81. The predicted molar refractivity (Wildman–Crippen MR) is 89.1 cm³/mol. The molecule has 0 spiro atoms. The number of aliphatic carboxylic acids is 1. The van der Waals surface area contributed by atoms with Gasteiger partial charge < -0.3 is 10.0 Å². The minimum absolute atomic E-state index is 0.0516. The van der Waals surface area contributed by atoms with Crippen LogP contribution in [0, 0.1) is 11.6 Å². The molecule has 0 saturated carbocycles. The summed E-state index contributed by atoms with van der Waals surface area (Å²) < 4.78 is 52.4. The molecule has 26 heavy (non-hydrogen) atoms. The molecule has 0 aromatic heterocycles. The monoisotopic (exact) mass is 390 g/mol. The number of piperidine rings is 1. The molecule has 1 saturated heterocycles. The summed E-state index contributed by atoms with van der Waals surface area (Å²) in [4.78, 5) is 24.7. The lowest BCUT2D eigenvalue weighted by molar-refractivity contribution is -0.138. The van der Waals surface area contributed by atoms with Crippen molar-refractivity contribution in [1.82, 2.24) is 9.21 Å². The number of carboxylic acids is 1. The summed E-state index contributed by atoms with van der Waals surface area (Å²) in [6, 6.07) is 2.54. The number of benzene rings is 1. The van der Waals surface area contributed by atoms with Crippen molar-refractivity contribution < 1.29 is 31.9 Å². The van der Waals surface area contributed by atoms with Crippen molar-refractivity contribution in [3.63, 3.8) is 0 Å². The molecule has 1 aliphatic rings. The van der Waals surface area contributed by atoms with E-state index in [1.807, 2.05) is 0 Å². The summed E-state index contributed by atoms with van der Waals surface area (Å²) in [5.41, 5.74) is -0.546. The minimum Gasteiger partial charge on any atom is -0.480 e. The SMILES string of the molecule is CCS(=O)(=O)N1CCC(N(CC(=O)O)C(=O)c2cccc(F)c2F)CC1. The zero-order chi connectivity index (χ0) is 19.5. The van der Waals surface area contributed by atoms with Gasteiger partial charge in [0.25, 0.3) is 5.91 Å². The smallest absolute Gasteiger partial charge is 0.323 e. The van der Waals surface area contributed by atoms with E-state index in [4.69, 9.17) is 5.11 Å². The van der Waals surface area contributed by atoms with Crippen LogP contribution in [0.3, 0.4) is 0 Å². The summed E-state index contributed by atoms with van der Waals surface area (Å²) in [5, 5.41) is 9.09. The Labute approximate surface area is 150 Å². The lowest BCUT2D eigenvalue weighted by Gasteiger charge is -2.37. The number of sulfonamides is 1. The largest absolute Gasteiger partial charge is 0.480 e. The van der Waals surface area contributed by atoms with Crippen molar-refractivity contribution in [3.8, 4) is 0 Å². The van der Waals surface area contributed by atoms with Crippen LogP contribution in [0.15, 0.2) is 18.2 Å². The van der Waals surface area contributed by atoms with E-state index >= 15 is 0 Å². The van der Waals surface area contributed by atoms with E-state index in [0.29, 0.717) is 0 Å². The van der Waals surface area contributed by atoms with Crippen molar-refractivity contribution in [2.45, 2.75) is 25.8 Å². The van der Waals surface area contributed by atoms with Crippen molar-refractivity contribution in [2.24, 2.45) is 0 Å². The van der Waals surface area contributed by atoms with Gasteiger partial charge in [-0.2, -0.15) is 0 Å². The highest BCUT2D eigenvalue weighted by Gasteiger charge is 2.34. The summed E-state index contributed by atoms with van der Waals surface area (Å²) in [7, 11) is -3.37. The zero-order valence-corrected chi connectivity index (χ0v) is 15.0. The van der Waals surface area contributed by atoms with Crippen LogP contribution in [-0.2, 0) is 14.8 Å². The van der Waals surface area contributed by atoms with Crippen LogP contribution < -0.4 is 0 Å². The lowest BCUT2D eigenvalue weighted by Crippen LogP contribution is -2.50. The normalized spacial score (nSPS) is 16.4. The van der Waals surface area contributed by atoms with E-state index in [1.165, 1.54) is 17.3 Å². The number of halogens is 2. The van der Waals surface area contributed by atoms with Crippen molar-refractivity contribution in [3.05, 3.63) is 35.4 Å². The molecular weight excluding hydrogens is 370 g/mol. The molecule has 1 aromatic rings. The highest BCUT2D eigenvalue weighted by molar-refractivity contribution is 7.89. The topological polar surface area (TPSA) is 95.0 Å². The fraction of sp³-hybridized carbons (Fsp3) is 0.500. The fourth-order valence-corrected chi connectivity index (χ4v) is 4.08. The standard InChI is InChI=1S/C16H20F2N2O5S/c1-2-26(24,25)19-8-6-11(7-9-19)20(10-14(21)22)16(23)12-4-3-5-13(17)15(12)18/h3-5,11H,2,6-10H2,1H3,(H,21,22). The summed E-state index contributed by atoms with van der Waals surface area (Å²) in [6.45, 7) is 1.11. The molecule has 1 fully saturated rings. The molecule has 144 valence electrons. The maximum absolute atomic E-state index is 13.9. The molecule has 2 rings (SSSR count). The van der Waals surface area contributed by atoms with E-state index < -0.39 is 51.7 Å². The van der Waals surface area contributed by atoms with E-state index in [1.54, 1.807) is 0 Å². The molecular formula is C16H20F2N2O5S. The van der Waals surface area contributed by atoms with Gasteiger partial charge in [0.1, 0.15) is 6.54 Å². The Morgan fingerprint density at radius 1 is 1.27 bits per heavy atom. The number of hydrogen-bond donors (Lipinski definition) is 1. The second-order valence-electron chi connectivity index (χ2n) is 5.96. The Morgan fingerprint density at radius 3 is 2.42 bits per heavy atom. The first-order chi connectivity index (χ1) is 12.2. The van der Waals surface area contributed by atoms with Gasteiger partial charge in [-0.05, 0) is 31.9 Å². The number of carbonyl (C=O) groups is 2. The van der Waals surface area contributed by atoms with Crippen molar-refractivity contribution in [2.75, 3.05) is 25.4 Å². The van der Waals surface area contributed by atoms with Crippen LogP contribution in [0.25, 0.3) is 0 Å². The average Bonchev–Trinajstić information content (AvgIpc) is 2.61. The maximum Gasteiger partial charge on any atom is 0.323 e. The minimum atomic E-state index is -3.37. The number of carbonyl (C=O) groups excluding carboxylic acids is 1. The molecule has 1 aliphatic heterocycles. The fourth-order valence-electron chi connectivity index (χ4n) is 2.95. The van der Waals surface area contributed by atoms with Crippen molar-refractivity contribution in [1.29, 1.82) is 0 Å². The van der Waals surface area contributed by atoms with Gasteiger partial charge in [-0.3, -0.25) is 9.59 Å². The molecule has 1 amide bonds.